The van der Waals surface area contributed by atoms with E-state index in [0.717, 1.165) is 4.90 Å². The monoisotopic (exact) mass is 988 g/mol. The summed E-state index contributed by atoms with van der Waals surface area (Å²) >= 11 is 0. The topological polar surface area (TPSA) is 469 Å². The maximum absolute atomic E-state index is 13.9. The van der Waals surface area contributed by atoms with Crippen LogP contribution in [0.2, 0.25) is 0 Å². The standard InChI is InChI=1S/C39H62N11O17P/c1-3-20(2)26(16-51)46-34(59)25(15-31(55)56)45-37(62)30-7-5-13-50(30)38(63)28(18-53)48-36(61)29(19-67-68(64,65)66)49-33(58)24(14-21-8-10-22(54)11-9-21)44-35(60)27(17-52)47-32(57)23(40)6-4-12-43-39(41)42/h8-11,16,20,23-30,52-54H,3-7,12-15,17-19,40H2,1-2H3,(H,44,60)(H,45,62)(H,46,59)(H,47,57)(H,48,61)(H,49,58)(H,55,56)(H4,41,42,43)(H2,64,65,66)/p+1/t20-,23-,24-,25-,26+,27-,28-,29-,30-/m0/s1. The van der Waals surface area contributed by atoms with E-state index in [1.54, 1.807) is 13.8 Å². The minimum Gasteiger partial charge on any atom is -0.508 e. The van der Waals surface area contributed by atoms with Gasteiger partial charge in [-0.2, -0.15) is 0 Å². The largest absolute Gasteiger partial charge is 0.508 e. The molecule has 0 saturated carbocycles. The number of rotatable bonds is 29. The summed E-state index contributed by atoms with van der Waals surface area (Å²) in [4.78, 5) is 140. The van der Waals surface area contributed by atoms with Gasteiger partial charge in [-0.15, -0.1) is 0 Å². The van der Waals surface area contributed by atoms with E-state index in [9.17, 15) is 77.9 Å². The summed E-state index contributed by atoms with van der Waals surface area (Å²) in [5.74, 6) is -9.70. The van der Waals surface area contributed by atoms with Crippen LogP contribution in [0.15, 0.2) is 24.3 Å². The number of aliphatic carboxylic acids is 1. The Labute approximate surface area is 389 Å². The van der Waals surface area contributed by atoms with E-state index in [-0.39, 0.29) is 50.0 Å². The summed E-state index contributed by atoms with van der Waals surface area (Å²) in [6, 6.07) is -7.41. The first-order chi connectivity index (χ1) is 31.9. The minimum absolute atomic E-state index is 0.0205. The van der Waals surface area contributed by atoms with E-state index in [2.05, 4.69) is 41.4 Å². The van der Waals surface area contributed by atoms with Crippen molar-refractivity contribution in [3.05, 3.63) is 29.8 Å². The predicted octanol–water partition coefficient (Wildman–Crippen LogP) is -7.89. The zero-order valence-corrected chi connectivity index (χ0v) is 38.3. The number of guanidine groups is 1. The Morgan fingerprint density at radius 3 is 1.97 bits per heavy atom. The summed E-state index contributed by atoms with van der Waals surface area (Å²) in [6.07, 6.45) is 0.219. The fraction of sp³-hybridized carbons (Fsp3) is 0.590. The number of aliphatic hydroxyl groups is 2. The van der Waals surface area contributed by atoms with Crippen LogP contribution in [-0.4, -0.2) is 176 Å². The van der Waals surface area contributed by atoms with Crippen LogP contribution in [0.25, 0.3) is 0 Å². The lowest BCUT2D eigenvalue weighted by Crippen LogP contribution is -2.78. The summed E-state index contributed by atoms with van der Waals surface area (Å²) in [7, 11) is -5.37. The van der Waals surface area contributed by atoms with E-state index in [4.69, 9.17) is 17.2 Å². The van der Waals surface area contributed by atoms with Crippen molar-refractivity contribution in [3.63, 3.8) is 0 Å². The van der Waals surface area contributed by atoms with Crippen LogP contribution in [-0.2, 0) is 58.7 Å². The van der Waals surface area contributed by atoms with Crippen molar-refractivity contribution >= 4 is 67.4 Å². The molecule has 1 aromatic rings. The molecule has 0 aromatic heterocycles. The van der Waals surface area contributed by atoms with Crippen LogP contribution in [0.1, 0.15) is 57.9 Å². The van der Waals surface area contributed by atoms with Crippen LogP contribution >= 0.6 is 7.82 Å². The van der Waals surface area contributed by atoms with Crippen molar-refractivity contribution in [1.82, 2.24) is 36.8 Å². The molecule has 19 N–H and O–H groups in total. The lowest BCUT2D eigenvalue weighted by Gasteiger charge is -2.30. The number of phosphoric acid groups is 1. The molecule has 9 atom stereocenters. The second kappa shape index (κ2) is 28.1. The van der Waals surface area contributed by atoms with Gasteiger partial charge in [0.15, 0.2) is 0 Å². The van der Waals surface area contributed by atoms with E-state index in [1.165, 1.54) is 24.3 Å². The van der Waals surface area contributed by atoms with Crippen LogP contribution in [0.3, 0.4) is 0 Å². The van der Waals surface area contributed by atoms with Gasteiger partial charge in [0.25, 0.3) is 0 Å². The van der Waals surface area contributed by atoms with Gasteiger partial charge in [-0.3, -0.25) is 59.3 Å². The van der Waals surface area contributed by atoms with E-state index in [1.807, 2.05) is 0 Å². The van der Waals surface area contributed by atoms with Crippen molar-refractivity contribution in [2.45, 2.75) is 107 Å². The first-order valence-corrected chi connectivity index (χ1v) is 22.8. The molecule has 0 aliphatic carbocycles. The zero-order chi connectivity index (χ0) is 51.3. The van der Waals surface area contributed by atoms with E-state index >= 15 is 0 Å². The van der Waals surface area contributed by atoms with Gasteiger partial charge in [0.2, 0.25) is 41.4 Å². The van der Waals surface area contributed by atoms with Crippen molar-refractivity contribution in [1.29, 1.82) is 0 Å². The summed E-state index contributed by atoms with van der Waals surface area (Å²) in [6.45, 7) is 0.148. The summed E-state index contributed by atoms with van der Waals surface area (Å²) < 4.78 is 16.2. The zero-order valence-electron chi connectivity index (χ0n) is 37.4. The lowest BCUT2D eigenvalue weighted by molar-refractivity contribution is -0.459. The first-order valence-electron chi connectivity index (χ1n) is 21.3. The third-order valence-corrected chi connectivity index (χ3v) is 11.1. The summed E-state index contributed by atoms with van der Waals surface area (Å²) in [5.41, 5.74) is 16.9. The third kappa shape index (κ3) is 19.5. The number of carboxylic acid groups (broad SMARTS) is 1. The Kier molecular flexibility index (Phi) is 23.9. The Hall–Kier alpha value is -6.29. The number of phenolic OH excluding ortho intramolecular Hbond substituents is 1. The molecular formula is C39H63N11O17P+. The van der Waals surface area contributed by atoms with Crippen molar-refractivity contribution < 1.29 is 87.4 Å². The highest BCUT2D eigenvalue weighted by molar-refractivity contribution is 7.46. The molecule has 1 aliphatic heterocycles. The van der Waals surface area contributed by atoms with Gasteiger partial charge in [-0.05, 0) is 49.3 Å². The highest BCUT2D eigenvalue weighted by Crippen LogP contribution is 2.35. The van der Waals surface area contributed by atoms with Gasteiger partial charge in [0.1, 0.15) is 48.3 Å². The number of nitrogens with one attached hydrogen (secondary N) is 7. The molecule has 2 rings (SSSR count). The number of benzene rings is 1. The number of hydrogen-bond acceptors (Lipinski definition) is 15. The fourth-order valence-corrected chi connectivity index (χ4v) is 6.92. The normalized spacial score (nSPS) is 17.0. The molecule has 380 valence electrons. The molecule has 0 radical (unpaired) electrons. The fourth-order valence-electron chi connectivity index (χ4n) is 6.58. The maximum Gasteiger partial charge on any atom is 0.469 e. The van der Waals surface area contributed by atoms with Crippen molar-refractivity contribution in [2.75, 3.05) is 32.9 Å². The molecule has 28 nitrogen and oxygen atoms in total. The Balaban J connectivity index is 2.35. The molecule has 1 saturated heterocycles. The summed E-state index contributed by atoms with van der Waals surface area (Å²) in [5, 5.41) is 53.1. The molecule has 68 heavy (non-hydrogen) atoms. The van der Waals surface area contributed by atoms with Crippen LogP contribution < -0.4 is 54.1 Å². The molecule has 7 amide bonds. The Morgan fingerprint density at radius 2 is 1.41 bits per heavy atom. The molecule has 29 heteroatoms. The number of aldehydes is 1. The maximum atomic E-state index is 13.9. The number of nitrogens with two attached hydrogens (primary N) is 3. The van der Waals surface area contributed by atoms with Gasteiger partial charge in [-0.1, -0.05) is 32.4 Å². The number of carbonyl (C=O) groups is 9. The highest BCUT2D eigenvalue weighted by Gasteiger charge is 2.41. The average molecular weight is 989 g/mol. The minimum atomic E-state index is -5.37. The van der Waals surface area contributed by atoms with Crippen molar-refractivity contribution in [2.24, 2.45) is 23.1 Å². The predicted molar refractivity (Wildman–Crippen MR) is 234 cm³/mol. The van der Waals surface area contributed by atoms with Gasteiger partial charge >= 0.3 is 19.8 Å². The average Bonchev–Trinajstić information content (AvgIpc) is 3.78. The molecule has 0 spiro atoms. The van der Waals surface area contributed by atoms with Gasteiger partial charge in [0, 0.05) is 13.0 Å². The number of aliphatic hydroxyl groups excluding tert-OH is 2. The third-order valence-electron chi connectivity index (χ3n) is 10.6. The van der Waals surface area contributed by atoms with Gasteiger partial charge in [0.05, 0.1) is 44.9 Å². The lowest BCUT2D eigenvalue weighted by atomic mass is 10.00. The Bertz CT molecular complexity index is 2000. The quantitative estimate of drug-likeness (QED) is 0.0117. The van der Waals surface area contributed by atoms with Gasteiger partial charge < -0.3 is 77.5 Å². The molecular weight excluding hydrogens is 925 g/mol. The van der Waals surface area contributed by atoms with Crippen LogP contribution in [0.4, 0.5) is 0 Å². The number of hydrogen-bond donors (Lipinski definition) is 16. The number of aromatic hydroxyl groups is 1. The number of amides is 7. The second-order valence-corrected chi connectivity index (χ2v) is 17.0. The number of phosphoric ester groups is 1. The molecule has 1 fully saturated rings. The number of likely N-dealkylation sites (tertiary alicyclic amines) is 1. The molecule has 0 unspecified atom stereocenters. The first kappa shape index (κ1) is 57.8. The molecule has 1 aromatic carbocycles. The Morgan fingerprint density at radius 1 is 0.853 bits per heavy atom. The van der Waals surface area contributed by atoms with E-state index in [0.29, 0.717) is 24.7 Å². The van der Waals surface area contributed by atoms with Crippen molar-refractivity contribution in [3.8, 4) is 5.75 Å². The van der Waals surface area contributed by atoms with Crippen LogP contribution in [0, 0.1) is 5.92 Å². The van der Waals surface area contributed by atoms with Gasteiger partial charge in [-0.25, -0.2) is 4.57 Å². The SMILES string of the molecule is CC[C@H](C)[C@@H](C=O)NC(=O)[C@H](CC(=O)O)NC(=O)[C@@H]1CCCN1C(=O)[C@H](CO)NC(=O)[C@H](COP(=O)(O)O)NC(=O)[C@H](Cc1ccc(O)cc1)NC(=O)[C@H](CO)NC(=O)[C@@H](N)CCC[NH+]=C(N)N. The highest BCUT2D eigenvalue weighted by atomic mass is 31.2. The number of phenols is 1. The van der Waals surface area contributed by atoms with Crippen LogP contribution in [0.5, 0.6) is 5.75 Å². The number of carboxylic acids is 1. The smallest absolute Gasteiger partial charge is 0.469 e. The number of nitrogens with zero attached hydrogens (tertiary/aromatic N) is 1. The van der Waals surface area contributed by atoms with E-state index < -0.39 is 136 Å². The molecule has 1 aliphatic rings. The number of carbonyl (C=O) groups excluding carboxylic acids is 8. The molecule has 0 bridgehead atoms. The molecule has 1 heterocycles. The second-order valence-electron chi connectivity index (χ2n) is 15.8.